The molecular weight excluding hydrogens is 298 g/mol. The van der Waals surface area contributed by atoms with Crippen LogP contribution in [0.2, 0.25) is 0 Å². The summed E-state index contributed by atoms with van der Waals surface area (Å²) in [6.45, 7) is 8.92. The van der Waals surface area contributed by atoms with Crippen molar-refractivity contribution in [2.75, 3.05) is 6.61 Å². The van der Waals surface area contributed by atoms with Crippen LogP contribution in [0, 0.1) is 5.92 Å². The molecule has 1 aliphatic rings. The van der Waals surface area contributed by atoms with Gasteiger partial charge in [0.05, 0.1) is 6.61 Å². The fraction of sp³-hybridized carbons (Fsp3) is 0.588. The van der Waals surface area contributed by atoms with Crippen LogP contribution in [0.4, 0.5) is 0 Å². The Morgan fingerprint density at radius 2 is 1.65 bits per heavy atom. The fourth-order valence-corrected chi connectivity index (χ4v) is 3.42. The Kier molecular flexibility index (Phi) is 5.29. The molecular formula is C17H25NO5. The number of carbonyl (C=O) groups excluding carboxylic acids is 1. The molecule has 0 radical (unpaired) electrons. The lowest BCUT2D eigenvalue weighted by atomic mass is 9.76. The van der Waals surface area contributed by atoms with Gasteiger partial charge in [0.1, 0.15) is 5.75 Å². The number of nitrogens with zero attached hydrogens (tertiary/aromatic N) is 1. The number of hydrogen-bond donors (Lipinski definition) is 1. The monoisotopic (exact) mass is 323 g/mol. The molecule has 2 rings (SSSR count). The van der Waals surface area contributed by atoms with Gasteiger partial charge < -0.3 is 14.8 Å². The fourth-order valence-electron chi connectivity index (χ4n) is 3.42. The number of ether oxygens (including phenoxy) is 1. The first-order valence-electron chi connectivity index (χ1n) is 7.74. The molecule has 1 heterocycles. The Bertz CT molecular complexity index is 508. The minimum absolute atomic E-state index is 0.293. The predicted molar refractivity (Wildman–Crippen MR) is 84.2 cm³/mol. The van der Waals surface area contributed by atoms with Crippen molar-refractivity contribution in [1.29, 1.82) is 0 Å². The molecule has 0 aliphatic carbocycles. The van der Waals surface area contributed by atoms with Gasteiger partial charge in [-0.05, 0) is 70.7 Å². The third kappa shape index (κ3) is 4.43. The van der Waals surface area contributed by atoms with Gasteiger partial charge in [0.15, 0.2) is 5.75 Å². The van der Waals surface area contributed by atoms with Gasteiger partial charge in [-0.1, -0.05) is 0 Å². The van der Waals surface area contributed by atoms with E-state index < -0.39 is 0 Å². The van der Waals surface area contributed by atoms with E-state index in [-0.39, 0.29) is 11.1 Å². The molecule has 0 aromatic heterocycles. The zero-order valence-electron chi connectivity index (χ0n) is 14.1. The number of rotatable bonds is 6. The third-order valence-corrected chi connectivity index (χ3v) is 4.19. The van der Waals surface area contributed by atoms with E-state index in [1.807, 2.05) is 27.7 Å². The number of benzene rings is 1. The second kappa shape index (κ2) is 6.86. The molecule has 0 spiro atoms. The van der Waals surface area contributed by atoms with E-state index in [2.05, 4.69) is 0 Å². The highest BCUT2D eigenvalue weighted by atomic mass is 17.2. The van der Waals surface area contributed by atoms with Crippen molar-refractivity contribution >= 4 is 6.47 Å². The van der Waals surface area contributed by atoms with Crippen LogP contribution < -0.4 is 9.62 Å². The van der Waals surface area contributed by atoms with E-state index in [0.717, 1.165) is 12.8 Å². The van der Waals surface area contributed by atoms with Crippen LogP contribution in [0.3, 0.4) is 0 Å². The molecule has 1 aromatic carbocycles. The van der Waals surface area contributed by atoms with E-state index in [1.54, 1.807) is 24.3 Å². The lowest BCUT2D eigenvalue weighted by Gasteiger charge is -2.51. The van der Waals surface area contributed by atoms with E-state index in [9.17, 15) is 10.0 Å². The molecule has 0 saturated carbocycles. The molecule has 1 N–H and O–H groups in total. The Hall–Kier alpha value is -1.63. The number of carbonyl (C=O) groups is 1. The normalized spacial score (nSPS) is 20.9. The molecule has 6 nitrogen and oxygen atoms in total. The zero-order chi connectivity index (χ0) is 17.1. The van der Waals surface area contributed by atoms with Gasteiger partial charge in [0.2, 0.25) is 0 Å². The van der Waals surface area contributed by atoms with Crippen molar-refractivity contribution in [3.05, 3.63) is 24.3 Å². The summed E-state index contributed by atoms with van der Waals surface area (Å²) in [6, 6.07) is 6.60. The third-order valence-electron chi connectivity index (χ3n) is 4.19. The smallest absolute Gasteiger partial charge is 0.298 e. The van der Waals surface area contributed by atoms with Gasteiger partial charge in [-0.2, -0.15) is 9.95 Å². The number of hydrogen-bond acceptors (Lipinski definition) is 6. The van der Waals surface area contributed by atoms with E-state index in [1.165, 1.54) is 5.06 Å². The second-order valence-electron chi connectivity index (χ2n) is 7.26. The molecule has 1 aliphatic heterocycles. The maximum absolute atomic E-state index is 10.3. The van der Waals surface area contributed by atoms with E-state index in [4.69, 9.17) is 14.5 Å². The van der Waals surface area contributed by atoms with Crippen LogP contribution in [-0.2, 0) is 9.68 Å². The molecule has 0 unspecified atom stereocenters. The van der Waals surface area contributed by atoms with Gasteiger partial charge in [-0.15, -0.1) is 0 Å². The summed E-state index contributed by atoms with van der Waals surface area (Å²) in [7, 11) is 0. The van der Waals surface area contributed by atoms with Gasteiger partial charge in [0, 0.05) is 11.1 Å². The van der Waals surface area contributed by atoms with Crippen molar-refractivity contribution < 1.29 is 24.5 Å². The average Bonchev–Trinajstić information content (AvgIpc) is 2.46. The van der Waals surface area contributed by atoms with Crippen molar-refractivity contribution in [3.63, 3.8) is 0 Å². The van der Waals surface area contributed by atoms with Crippen LogP contribution in [-0.4, -0.2) is 34.4 Å². The minimum atomic E-state index is -0.302. The standard InChI is InChI=1S/C17H25NO5/c1-16(2)9-13(10-17(3,4)18(16)20)11-22-23-15-7-5-14(6-8-15)21-12-19/h5-8,12-13,20H,9-11H2,1-4H3. The van der Waals surface area contributed by atoms with Gasteiger partial charge in [-0.25, -0.2) is 0 Å². The number of piperidine rings is 1. The Morgan fingerprint density at radius 1 is 1.13 bits per heavy atom. The summed E-state index contributed by atoms with van der Waals surface area (Å²) >= 11 is 0. The first kappa shape index (κ1) is 17.7. The lowest BCUT2D eigenvalue weighted by molar-refractivity contribution is -0.270. The summed E-state index contributed by atoms with van der Waals surface area (Å²) in [6.07, 6.45) is 1.64. The molecule has 1 fully saturated rings. The van der Waals surface area contributed by atoms with Crippen molar-refractivity contribution in [2.24, 2.45) is 5.92 Å². The van der Waals surface area contributed by atoms with Crippen LogP contribution >= 0.6 is 0 Å². The maximum atomic E-state index is 10.3. The van der Waals surface area contributed by atoms with Crippen molar-refractivity contribution in [2.45, 2.75) is 51.6 Å². The Balaban J connectivity index is 1.85. The summed E-state index contributed by atoms with van der Waals surface area (Å²) < 4.78 is 4.71. The molecule has 0 amide bonds. The molecule has 1 saturated heterocycles. The minimum Gasteiger partial charge on any atom is -0.429 e. The van der Waals surface area contributed by atoms with Crippen LogP contribution in [0.25, 0.3) is 0 Å². The molecule has 128 valence electrons. The Morgan fingerprint density at radius 3 is 2.17 bits per heavy atom. The predicted octanol–water partition coefficient (Wildman–Crippen LogP) is 3.19. The van der Waals surface area contributed by atoms with Crippen LogP contribution in [0.5, 0.6) is 11.5 Å². The second-order valence-corrected chi connectivity index (χ2v) is 7.26. The lowest BCUT2D eigenvalue weighted by Crippen LogP contribution is -2.59. The molecule has 0 atom stereocenters. The van der Waals surface area contributed by atoms with E-state index in [0.29, 0.717) is 30.5 Å². The first-order valence-corrected chi connectivity index (χ1v) is 7.74. The summed E-state index contributed by atoms with van der Waals surface area (Å²) in [4.78, 5) is 20.9. The summed E-state index contributed by atoms with van der Waals surface area (Å²) in [5, 5.41) is 11.7. The SMILES string of the molecule is CC1(C)CC(COOc2ccc(OC=O)cc2)CC(C)(C)N1O. The number of hydroxylamine groups is 2. The first-order chi connectivity index (χ1) is 10.7. The zero-order valence-corrected chi connectivity index (χ0v) is 14.1. The highest BCUT2D eigenvalue weighted by Gasteiger charge is 2.45. The summed E-state index contributed by atoms with van der Waals surface area (Å²) in [5.41, 5.74) is -0.604. The van der Waals surface area contributed by atoms with Crippen LogP contribution in [0.1, 0.15) is 40.5 Å². The Labute approximate surface area is 136 Å². The average molecular weight is 323 g/mol. The van der Waals surface area contributed by atoms with Crippen molar-refractivity contribution in [3.8, 4) is 11.5 Å². The van der Waals surface area contributed by atoms with Crippen LogP contribution in [0.15, 0.2) is 24.3 Å². The largest absolute Gasteiger partial charge is 0.429 e. The van der Waals surface area contributed by atoms with Gasteiger partial charge in [-0.3, -0.25) is 4.79 Å². The van der Waals surface area contributed by atoms with Gasteiger partial charge in [0.25, 0.3) is 6.47 Å². The van der Waals surface area contributed by atoms with E-state index >= 15 is 0 Å². The molecule has 1 aromatic rings. The molecule has 23 heavy (non-hydrogen) atoms. The topological polar surface area (TPSA) is 68.2 Å². The summed E-state index contributed by atoms with van der Waals surface area (Å²) in [5.74, 6) is 1.29. The molecule has 6 heteroatoms. The quantitative estimate of drug-likeness (QED) is 0.492. The molecule has 0 bridgehead atoms. The van der Waals surface area contributed by atoms with Crippen molar-refractivity contribution in [1.82, 2.24) is 5.06 Å². The maximum Gasteiger partial charge on any atom is 0.298 e. The van der Waals surface area contributed by atoms with Gasteiger partial charge >= 0.3 is 0 Å². The highest BCUT2D eigenvalue weighted by molar-refractivity contribution is 5.45. The highest BCUT2D eigenvalue weighted by Crippen LogP contribution is 2.39.